The van der Waals surface area contributed by atoms with Gasteiger partial charge in [-0.3, -0.25) is 4.79 Å². The summed E-state index contributed by atoms with van der Waals surface area (Å²) < 4.78 is 68.5. The number of allylic oxidation sites excluding steroid dienone is 4. The molecule has 0 heterocycles. The molecular weight excluding hydrogens is 523 g/mol. The number of rotatable bonds is 6. The summed E-state index contributed by atoms with van der Waals surface area (Å²) in [5, 5.41) is 21.0. The van der Waals surface area contributed by atoms with Gasteiger partial charge < -0.3 is 15.5 Å². The lowest BCUT2D eigenvalue weighted by molar-refractivity contribution is -0.131. The number of sulfone groups is 1. The first-order chi connectivity index (χ1) is 16.8. The molecule has 36 heavy (non-hydrogen) atoms. The van der Waals surface area contributed by atoms with E-state index in [0.29, 0.717) is 18.9 Å². The summed E-state index contributed by atoms with van der Waals surface area (Å²) >= 11 is 6.20. The molecule has 4 rings (SSSR count). The van der Waals surface area contributed by atoms with Gasteiger partial charge in [0.2, 0.25) is 0 Å². The smallest absolute Gasteiger partial charge is 0.328 e. The van der Waals surface area contributed by atoms with Gasteiger partial charge >= 0.3 is 5.97 Å². The first-order valence-electron chi connectivity index (χ1n) is 11.2. The highest BCUT2D eigenvalue weighted by Gasteiger charge is 2.60. The van der Waals surface area contributed by atoms with Crippen LogP contribution in [0.25, 0.3) is 0 Å². The van der Waals surface area contributed by atoms with Gasteiger partial charge in [-0.15, -0.1) is 0 Å². The summed E-state index contributed by atoms with van der Waals surface area (Å²) in [6, 6.07) is 3.48. The van der Waals surface area contributed by atoms with Crippen molar-refractivity contribution in [2.75, 3.05) is 0 Å². The molecule has 0 spiro atoms. The highest BCUT2D eigenvalue weighted by molar-refractivity contribution is 7.92. The van der Waals surface area contributed by atoms with Crippen LogP contribution in [0.4, 0.5) is 13.2 Å². The number of aliphatic hydroxyl groups is 1. The molecule has 4 unspecified atom stereocenters. The first-order valence-corrected chi connectivity index (χ1v) is 13.1. The highest BCUT2D eigenvalue weighted by atomic mass is 35.5. The van der Waals surface area contributed by atoms with Crippen molar-refractivity contribution in [2.45, 2.75) is 48.1 Å². The minimum atomic E-state index is -4.18. The first kappa shape index (κ1) is 26.4. The number of carboxylic acids is 1. The van der Waals surface area contributed by atoms with Gasteiger partial charge in [-0.25, -0.2) is 26.4 Å². The minimum Gasteiger partial charge on any atom is -0.478 e. The van der Waals surface area contributed by atoms with Crippen molar-refractivity contribution in [2.24, 2.45) is 17.8 Å². The van der Waals surface area contributed by atoms with Crippen LogP contribution in [0.15, 0.2) is 58.7 Å². The fourth-order valence-electron chi connectivity index (χ4n) is 5.46. The molecule has 0 aromatic heterocycles. The van der Waals surface area contributed by atoms with E-state index in [1.54, 1.807) is 0 Å². The molecule has 1 aromatic rings. The van der Waals surface area contributed by atoms with Crippen LogP contribution >= 0.6 is 11.6 Å². The van der Waals surface area contributed by atoms with E-state index in [1.165, 1.54) is 19.1 Å². The number of benzene rings is 1. The number of carboxylic acid groups (broad SMARTS) is 1. The lowest BCUT2D eigenvalue weighted by Crippen LogP contribution is -2.37. The van der Waals surface area contributed by atoms with Gasteiger partial charge in [0, 0.05) is 29.2 Å². The monoisotopic (exact) mass is 545 g/mol. The molecule has 194 valence electrons. The quantitative estimate of drug-likeness (QED) is 0.464. The molecule has 0 saturated heterocycles. The summed E-state index contributed by atoms with van der Waals surface area (Å²) in [6.07, 6.45) is 1.23. The van der Waals surface area contributed by atoms with Crippen LogP contribution in [0, 0.1) is 17.8 Å². The van der Waals surface area contributed by atoms with Crippen LogP contribution in [-0.2, 0) is 14.6 Å². The number of nitrogens with one attached hydrogen (secondary N) is 1. The Morgan fingerprint density at radius 3 is 2.61 bits per heavy atom. The zero-order chi connectivity index (χ0) is 26.6. The predicted molar refractivity (Wildman–Crippen MR) is 124 cm³/mol. The average molecular weight is 546 g/mol. The zero-order valence-electron chi connectivity index (χ0n) is 18.9. The number of carbonyl (C=O) groups is 2. The van der Waals surface area contributed by atoms with Crippen molar-refractivity contribution in [1.29, 1.82) is 0 Å². The van der Waals surface area contributed by atoms with Gasteiger partial charge in [-0.2, -0.15) is 0 Å². The van der Waals surface area contributed by atoms with E-state index in [1.807, 2.05) is 0 Å². The van der Waals surface area contributed by atoms with Crippen molar-refractivity contribution in [3.05, 3.63) is 64.4 Å². The van der Waals surface area contributed by atoms with Crippen LogP contribution in [-0.4, -0.2) is 47.5 Å². The third-order valence-electron chi connectivity index (χ3n) is 7.25. The van der Waals surface area contributed by atoms with E-state index in [0.717, 1.165) is 18.2 Å². The number of aliphatic carboxylic acids is 1. The molecule has 2 bridgehead atoms. The van der Waals surface area contributed by atoms with Crippen LogP contribution in [0.1, 0.15) is 36.5 Å². The van der Waals surface area contributed by atoms with E-state index >= 15 is 0 Å². The largest absolute Gasteiger partial charge is 0.478 e. The van der Waals surface area contributed by atoms with Crippen LogP contribution < -0.4 is 5.32 Å². The lowest BCUT2D eigenvalue weighted by Gasteiger charge is -2.29. The maximum absolute atomic E-state index is 14.0. The molecule has 6 atom stereocenters. The Morgan fingerprint density at radius 1 is 1.25 bits per heavy atom. The van der Waals surface area contributed by atoms with Crippen molar-refractivity contribution in [3.63, 3.8) is 0 Å². The molecule has 3 aliphatic rings. The van der Waals surface area contributed by atoms with E-state index < -0.39 is 68.1 Å². The van der Waals surface area contributed by atoms with E-state index in [2.05, 4.69) is 5.32 Å². The summed E-state index contributed by atoms with van der Waals surface area (Å²) in [7, 11) is -4.18. The molecule has 3 aliphatic carbocycles. The number of hydrogen-bond acceptors (Lipinski definition) is 5. The van der Waals surface area contributed by atoms with Crippen LogP contribution in [0.5, 0.6) is 0 Å². The van der Waals surface area contributed by atoms with Crippen LogP contribution in [0.3, 0.4) is 0 Å². The summed E-state index contributed by atoms with van der Waals surface area (Å²) in [6.45, 7) is 1.26. The van der Waals surface area contributed by atoms with Crippen molar-refractivity contribution in [1.82, 2.24) is 5.32 Å². The molecule has 0 radical (unpaired) electrons. The van der Waals surface area contributed by atoms with E-state index in [-0.39, 0.29) is 27.6 Å². The fourth-order valence-corrected chi connectivity index (χ4v) is 8.37. The molecule has 7 nitrogen and oxygen atoms in total. The Hall–Kier alpha value is -2.63. The van der Waals surface area contributed by atoms with Crippen molar-refractivity contribution >= 4 is 33.3 Å². The summed E-state index contributed by atoms with van der Waals surface area (Å²) in [4.78, 5) is 23.4. The van der Waals surface area contributed by atoms with Gasteiger partial charge in [-0.1, -0.05) is 18.5 Å². The Labute approximate surface area is 210 Å². The standard InChI is InChI=1S/C24H23ClF3NO6S/c1-11-17(9-16(26)21(28)20(11)27)29-23(32)12-3-5-15(25)18(8-12)36(34,35)22-13-2-4-14(22)24(33,10-13)7-6-19(30)31/h3,5-9,11,13-14,20,22,33H,2,4,10H2,1H3,(H,29,32)(H,30,31)/b7-6+/t11?,13?,14?,20?,22-,24-/m1/s1. The molecular formula is C24H23ClF3NO6S. The fraction of sp³-hybridized carbons (Fsp3) is 0.417. The minimum absolute atomic E-state index is 0.0647. The van der Waals surface area contributed by atoms with Gasteiger partial charge in [0.15, 0.2) is 27.7 Å². The molecule has 1 amide bonds. The number of alkyl halides is 1. The number of fused-ring (bicyclic) bond motifs is 2. The maximum Gasteiger partial charge on any atom is 0.328 e. The Kier molecular flexibility index (Phi) is 6.87. The molecule has 3 N–H and O–H groups in total. The predicted octanol–water partition coefficient (Wildman–Crippen LogP) is 4.04. The lowest BCUT2D eigenvalue weighted by atomic mass is 9.84. The average Bonchev–Trinajstić information content (AvgIpc) is 3.36. The maximum atomic E-state index is 14.0. The molecule has 1 aromatic carbocycles. The van der Waals surface area contributed by atoms with Crippen LogP contribution in [0.2, 0.25) is 5.02 Å². The van der Waals surface area contributed by atoms with Gasteiger partial charge in [0.1, 0.15) is 0 Å². The molecule has 0 aliphatic heterocycles. The Bertz CT molecular complexity index is 1330. The zero-order valence-corrected chi connectivity index (χ0v) is 20.5. The SMILES string of the molecule is CC1C(NC(=O)c2ccc(Cl)c(S(=O)(=O)[C@@H]3C4CCC3[C@@](O)(/C=C/C(=O)O)C4)c2)=CC(F)=C(F)C1F. The molecule has 2 fully saturated rings. The van der Waals surface area contributed by atoms with Gasteiger partial charge in [0.25, 0.3) is 5.91 Å². The molecule has 2 saturated carbocycles. The topological polar surface area (TPSA) is 121 Å². The van der Waals surface area contributed by atoms with Crippen molar-refractivity contribution < 1.29 is 41.4 Å². The second kappa shape index (κ2) is 9.35. The Morgan fingerprint density at radius 2 is 1.94 bits per heavy atom. The molecule has 12 heteroatoms. The summed E-state index contributed by atoms with van der Waals surface area (Å²) in [5.41, 5.74) is -1.99. The Balaban J connectivity index is 1.63. The van der Waals surface area contributed by atoms with Gasteiger partial charge in [0.05, 0.1) is 20.8 Å². The second-order valence-corrected chi connectivity index (χ2v) is 11.9. The number of hydrogen-bond donors (Lipinski definition) is 3. The number of amides is 1. The summed E-state index contributed by atoms with van der Waals surface area (Å²) in [5.74, 6) is -7.56. The van der Waals surface area contributed by atoms with E-state index in [9.17, 15) is 36.3 Å². The van der Waals surface area contributed by atoms with Crippen molar-refractivity contribution in [3.8, 4) is 0 Å². The third kappa shape index (κ3) is 4.48. The third-order valence-corrected chi connectivity index (χ3v) is 10.1. The number of halogens is 4. The van der Waals surface area contributed by atoms with Gasteiger partial charge in [-0.05, 0) is 55.5 Å². The normalized spacial score (nSPS) is 32.2. The highest BCUT2D eigenvalue weighted by Crippen LogP contribution is 2.55. The second-order valence-electron chi connectivity index (χ2n) is 9.41. The number of carbonyl (C=O) groups excluding carboxylic acids is 1. The van der Waals surface area contributed by atoms with E-state index in [4.69, 9.17) is 16.7 Å².